The third kappa shape index (κ3) is 3.82. The molecule has 0 aliphatic carbocycles. The van der Waals surface area contributed by atoms with Crippen molar-refractivity contribution < 1.29 is 9.32 Å². The number of benzene rings is 2. The van der Waals surface area contributed by atoms with E-state index in [9.17, 15) is 4.79 Å². The monoisotopic (exact) mass is 427 g/mol. The van der Waals surface area contributed by atoms with Crippen molar-refractivity contribution in [1.29, 1.82) is 0 Å². The molecule has 1 aliphatic rings. The minimum absolute atomic E-state index is 0.0309. The molecule has 162 valence electrons. The highest BCUT2D eigenvalue weighted by atomic mass is 16.5. The van der Waals surface area contributed by atoms with Crippen LogP contribution in [0.2, 0.25) is 0 Å². The molecular formula is C25H25N5O2. The number of carbonyl (C=O) groups excluding carboxylic acids is 1. The van der Waals surface area contributed by atoms with Crippen molar-refractivity contribution in [1.82, 2.24) is 24.8 Å². The van der Waals surface area contributed by atoms with E-state index in [-0.39, 0.29) is 5.91 Å². The zero-order chi connectivity index (χ0) is 22.1. The van der Waals surface area contributed by atoms with Gasteiger partial charge < -0.3 is 9.42 Å². The summed E-state index contributed by atoms with van der Waals surface area (Å²) in [6.07, 6.45) is 2.29. The lowest BCUT2D eigenvalue weighted by atomic mass is 10.0. The number of aryl methyl sites for hydroxylation is 2. The van der Waals surface area contributed by atoms with E-state index in [1.165, 1.54) is 5.56 Å². The number of fused-ring (bicyclic) bond motifs is 1. The van der Waals surface area contributed by atoms with Gasteiger partial charge in [-0.05, 0) is 29.7 Å². The van der Waals surface area contributed by atoms with Crippen LogP contribution in [-0.2, 0) is 32.9 Å². The summed E-state index contributed by atoms with van der Waals surface area (Å²) in [7, 11) is 1.92. The van der Waals surface area contributed by atoms with Crippen LogP contribution in [0.5, 0.6) is 0 Å². The van der Waals surface area contributed by atoms with Gasteiger partial charge >= 0.3 is 0 Å². The van der Waals surface area contributed by atoms with Gasteiger partial charge in [0.25, 0.3) is 11.8 Å². The lowest BCUT2D eigenvalue weighted by molar-refractivity contribution is 0.0733. The summed E-state index contributed by atoms with van der Waals surface area (Å²) in [5.74, 6) is 1.04. The van der Waals surface area contributed by atoms with Crippen LogP contribution in [0.15, 0.2) is 59.1 Å². The first kappa shape index (κ1) is 20.2. The first-order valence-electron chi connectivity index (χ1n) is 10.9. The first-order chi connectivity index (χ1) is 15.6. The summed E-state index contributed by atoms with van der Waals surface area (Å²) in [5, 5.41) is 8.80. The predicted molar refractivity (Wildman–Crippen MR) is 120 cm³/mol. The number of hydrogen-bond acceptors (Lipinski definition) is 5. The van der Waals surface area contributed by atoms with Crippen molar-refractivity contribution in [2.24, 2.45) is 7.05 Å². The number of rotatable bonds is 5. The quantitative estimate of drug-likeness (QED) is 0.484. The Kier molecular flexibility index (Phi) is 5.31. The largest absolute Gasteiger partial charge is 0.334 e. The Morgan fingerprint density at radius 3 is 2.59 bits per heavy atom. The molecule has 32 heavy (non-hydrogen) atoms. The van der Waals surface area contributed by atoms with Crippen molar-refractivity contribution >= 4 is 5.91 Å². The Bertz CT molecular complexity index is 1240. The molecule has 3 heterocycles. The van der Waals surface area contributed by atoms with Crippen LogP contribution >= 0.6 is 0 Å². The number of carbonyl (C=O) groups is 1. The minimum atomic E-state index is 0.0309. The molecule has 2 aromatic heterocycles. The molecule has 0 spiro atoms. The topological polar surface area (TPSA) is 77.1 Å². The average molecular weight is 428 g/mol. The number of hydrogen-bond donors (Lipinski definition) is 0. The van der Waals surface area contributed by atoms with Gasteiger partial charge in [0.15, 0.2) is 11.5 Å². The van der Waals surface area contributed by atoms with Crippen LogP contribution in [0.25, 0.3) is 11.6 Å². The lowest BCUT2D eigenvalue weighted by Gasteiger charge is -2.27. The van der Waals surface area contributed by atoms with Gasteiger partial charge in [-0.3, -0.25) is 9.48 Å². The third-order valence-electron chi connectivity index (χ3n) is 6.01. The molecular weight excluding hydrogens is 402 g/mol. The van der Waals surface area contributed by atoms with E-state index in [2.05, 4.69) is 22.2 Å². The molecule has 7 heteroatoms. The van der Waals surface area contributed by atoms with E-state index in [4.69, 9.17) is 4.52 Å². The highest BCUT2D eigenvalue weighted by Crippen LogP contribution is 2.29. The number of aromatic nitrogens is 4. The molecule has 0 saturated carbocycles. The number of nitrogens with zero attached hydrogens (tertiary/aromatic N) is 5. The maximum Gasteiger partial charge on any atom is 0.278 e. The van der Waals surface area contributed by atoms with Crippen LogP contribution < -0.4 is 0 Å². The van der Waals surface area contributed by atoms with Gasteiger partial charge in [-0.2, -0.15) is 10.1 Å². The molecule has 0 radical (unpaired) electrons. The average Bonchev–Trinajstić information content (AvgIpc) is 3.43. The van der Waals surface area contributed by atoms with Gasteiger partial charge in [0.2, 0.25) is 0 Å². The molecule has 1 aliphatic heterocycles. The maximum atomic E-state index is 13.1. The standard InChI is InChI=1S/C25H25N5O2/c1-3-17-9-11-19(12-10-17)25(31)30-14-13-21-20(16-30)23(27-29(21)2)24-26-22(28-32-24)15-18-7-5-4-6-8-18/h4-12H,3,13-16H2,1-2H3. The molecule has 4 aromatic rings. The van der Waals surface area contributed by atoms with Crippen LogP contribution in [0.3, 0.4) is 0 Å². The summed E-state index contributed by atoms with van der Waals surface area (Å²) in [6, 6.07) is 17.9. The Labute approximate surface area is 186 Å². The zero-order valence-corrected chi connectivity index (χ0v) is 18.3. The van der Waals surface area contributed by atoms with Crippen molar-refractivity contribution in [2.45, 2.75) is 32.7 Å². The fourth-order valence-electron chi connectivity index (χ4n) is 4.20. The molecule has 0 unspecified atom stereocenters. The van der Waals surface area contributed by atoms with E-state index in [0.29, 0.717) is 42.5 Å². The molecule has 0 fully saturated rings. The Balaban J connectivity index is 1.39. The van der Waals surface area contributed by atoms with Crippen LogP contribution in [0.1, 0.15) is 45.5 Å². The van der Waals surface area contributed by atoms with Crippen LogP contribution in [0.4, 0.5) is 0 Å². The summed E-state index contributed by atoms with van der Waals surface area (Å²) < 4.78 is 7.43. The molecule has 0 saturated heterocycles. The number of amides is 1. The fraction of sp³-hybridized carbons (Fsp3) is 0.280. The molecule has 0 bridgehead atoms. The maximum absolute atomic E-state index is 13.1. The third-order valence-corrected chi connectivity index (χ3v) is 6.01. The van der Waals surface area contributed by atoms with Gasteiger partial charge in [-0.1, -0.05) is 54.5 Å². The second-order valence-corrected chi connectivity index (χ2v) is 8.10. The highest BCUT2D eigenvalue weighted by Gasteiger charge is 2.29. The van der Waals surface area contributed by atoms with E-state index in [1.807, 2.05) is 71.2 Å². The van der Waals surface area contributed by atoms with Gasteiger partial charge in [-0.15, -0.1) is 0 Å². The van der Waals surface area contributed by atoms with Gasteiger partial charge in [-0.25, -0.2) is 0 Å². The van der Waals surface area contributed by atoms with Gasteiger partial charge in [0.05, 0.1) is 6.54 Å². The lowest BCUT2D eigenvalue weighted by Crippen LogP contribution is -2.36. The smallest absolute Gasteiger partial charge is 0.278 e. The van der Waals surface area contributed by atoms with Crippen molar-refractivity contribution in [3.8, 4) is 11.6 Å². The van der Waals surface area contributed by atoms with Crippen molar-refractivity contribution in [3.05, 3.63) is 88.4 Å². The summed E-state index contributed by atoms with van der Waals surface area (Å²) in [4.78, 5) is 19.6. The Morgan fingerprint density at radius 1 is 1.06 bits per heavy atom. The zero-order valence-electron chi connectivity index (χ0n) is 18.3. The fourth-order valence-corrected chi connectivity index (χ4v) is 4.20. The molecule has 0 N–H and O–H groups in total. The second kappa shape index (κ2) is 8.42. The van der Waals surface area contributed by atoms with Crippen molar-refractivity contribution in [3.63, 3.8) is 0 Å². The highest BCUT2D eigenvalue weighted by molar-refractivity contribution is 5.94. The van der Waals surface area contributed by atoms with E-state index >= 15 is 0 Å². The first-order valence-corrected chi connectivity index (χ1v) is 10.9. The van der Waals surface area contributed by atoms with Crippen LogP contribution in [0, 0.1) is 0 Å². The predicted octanol–water partition coefficient (Wildman–Crippen LogP) is 3.82. The van der Waals surface area contributed by atoms with Gasteiger partial charge in [0, 0.05) is 43.3 Å². The van der Waals surface area contributed by atoms with Crippen LogP contribution in [-0.4, -0.2) is 37.3 Å². The summed E-state index contributed by atoms with van der Waals surface area (Å²) in [5.41, 5.74) is 5.79. The summed E-state index contributed by atoms with van der Waals surface area (Å²) >= 11 is 0. The van der Waals surface area contributed by atoms with E-state index in [0.717, 1.165) is 29.7 Å². The molecule has 2 aromatic carbocycles. The SMILES string of the molecule is CCc1ccc(C(=O)N2CCc3c(c(-c4nc(Cc5ccccc5)no4)nn3C)C2)cc1. The van der Waals surface area contributed by atoms with E-state index in [1.54, 1.807) is 0 Å². The van der Waals surface area contributed by atoms with E-state index < -0.39 is 0 Å². The second-order valence-electron chi connectivity index (χ2n) is 8.10. The summed E-state index contributed by atoms with van der Waals surface area (Å²) in [6.45, 7) is 3.24. The molecule has 7 nitrogen and oxygen atoms in total. The minimum Gasteiger partial charge on any atom is -0.334 e. The molecule has 0 atom stereocenters. The Morgan fingerprint density at radius 2 is 1.84 bits per heavy atom. The Hall–Kier alpha value is -3.74. The molecule has 5 rings (SSSR count). The van der Waals surface area contributed by atoms with Gasteiger partial charge in [0.1, 0.15) is 0 Å². The normalized spacial score (nSPS) is 13.2. The molecule has 1 amide bonds. The van der Waals surface area contributed by atoms with Crippen molar-refractivity contribution in [2.75, 3.05) is 6.54 Å².